The zero-order valence-electron chi connectivity index (χ0n) is 13.6. The van der Waals surface area contributed by atoms with Crippen LogP contribution in [0, 0.1) is 17.8 Å². The Morgan fingerprint density at radius 2 is 2.09 bits per heavy atom. The van der Waals surface area contributed by atoms with Gasteiger partial charge in [0.05, 0.1) is 6.61 Å². The molecule has 0 bridgehead atoms. The van der Waals surface area contributed by atoms with Gasteiger partial charge in [0.25, 0.3) is 5.56 Å². The quantitative estimate of drug-likeness (QED) is 0.822. The molecule has 1 aliphatic rings. The largest absolute Gasteiger partial charge is 0.395 e. The van der Waals surface area contributed by atoms with Gasteiger partial charge in [-0.25, -0.2) is 0 Å². The maximum atomic E-state index is 12.9. The number of aromatic nitrogens is 1. The predicted octanol–water partition coefficient (Wildman–Crippen LogP) is 2.88. The molecule has 3 unspecified atom stereocenters. The lowest BCUT2D eigenvalue weighted by atomic mass is 9.69. The van der Waals surface area contributed by atoms with Gasteiger partial charge in [-0.2, -0.15) is 0 Å². The van der Waals surface area contributed by atoms with Gasteiger partial charge in [0.2, 0.25) is 0 Å². The van der Waals surface area contributed by atoms with E-state index in [0.717, 1.165) is 25.7 Å². The number of nitrogens with zero attached hydrogens (tertiary/aromatic N) is 1. The van der Waals surface area contributed by atoms with Gasteiger partial charge in [-0.1, -0.05) is 33.1 Å². The van der Waals surface area contributed by atoms with E-state index in [1.165, 1.54) is 17.1 Å². The molecule has 1 aromatic heterocycles. The first-order chi connectivity index (χ1) is 10.6. The first-order valence-corrected chi connectivity index (χ1v) is 8.44. The van der Waals surface area contributed by atoms with E-state index >= 15 is 0 Å². The van der Waals surface area contributed by atoms with Gasteiger partial charge in [0, 0.05) is 30.3 Å². The summed E-state index contributed by atoms with van der Waals surface area (Å²) < 4.78 is 1.42. The third kappa shape index (κ3) is 3.67. The monoisotopic (exact) mass is 305 g/mol. The number of pyridine rings is 1. The van der Waals surface area contributed by atoms with Gasteiger partial charge in [0.15, 0.2) is 5.78 Å². The van der Waals surface area contributed by atoms with Crippen LogP contribution in [0.15, 0.2) is 23.1 Å². The molecule has 0 aliphatic heterocycles. The minimum Gasteiger partial charge on any atom is -0.395 e. The third-order valence-electron chi connectivity index (χ3n) is 5.14. The smallest absolute Gasteiger partial charge is 0.250 e. The highest BCUT2D eigenvalue weighted by Gasteiger charge is 2.34. The number of carbonyl (C=O) groups excluding carboxylic acids is 1. The number of hydrogen-bond donors (Lipinski definition) is 1. The number of aliphatic hydroxyl groups is 1. The molecule has 4 nitrogen and oxygen atoms in total. The Labute approximate surface area is 132 Å². The molecule has 0 saturated heterocycles. The van der Waals surface area contributed by atoms with Crippen molar-refractivity contribution in [1.29, 1.82) is 0 Å². The Hall–Kier alpha value is -1.42. The minimum absolute atomic E-state index is 0.0729. The van der Waals surface area contributed by atoms with Crippen LogP contribution in [0.4, 0.5) is 0 Å². The number of aliphatic hydroxyl groups excluding tert-OH is 1. The maximum Gasteiger partial charge on any atom is 0.250 e. The first kappa shape index (κ1) is 16.9. The first-order valence-electron chi connectivity index (χ1n) is 8.44. The van der Waals surface area contributed by atoms with Crippen molar-refractivity contribution in [3.05, 3.63) is 34.2 Å². The van der Waals surface area contributed by atoms with Crippen molar-refractivity contribution >= 4 is 5.78 Å². The lowest BCUT2D eigenvalue weighted by Crippen LogP contribution is -2.32. The molecule has 1 fully saturated rings. The summed E-state index contributed by atoms with van der Waals surface area (Å²) in [6.07, 6.45) is 7.11. The zero-order chi connectivity index (χ0) is 16.1. The average Bonchev–Trinajstić information content (AvgIpc) is 2.55. The van der Waals surface area contributed by atoms with Gasteiger partial charge in [-0.15, -0.1) is 0 Å². The number of rotatable bonds is 6. The zero-order valence-corrected chi connectivity index (χ0v) is 13.6. The highest BCUT2D eigenvalue weighted by molar-refractivity contribution is 5.97. The summed E-state index contributed by atoms with van der Waals surface area (Å²) in [5.41, 5.74) is 0.431. The van der Waals surface area contributed by atoms with Crippen LogP contribution in [0.25, 0.3) is 0 Å². The molecule has 1 N–H and O–H groups in total. The highest BCUT2D eigenvalue weighted by Crippen LogP contribution is 2.38. The molecule has 1 saturated carbocycles. The Bertz CT molecular complexity index is 564. The summed E-state index contributed by atoms with van der Waals surface area (Å²) in [4.78, 5) is 24.6. The van der Waals surface area contributed by atoms with E-state index < -0.39 is 0 Å². The Morgan fingerprint density at radius 1 is 1.36 bits per heavy atom. The van der Waals surface area contributed by atoms with Gasteiger partial charge >= 0.3 is 0 Å². The number of ketones is 1. The van der Waals surface area contributed by atoms with Crippen LogP contribution >= 0.6 is 0 Å². The standard InChI is InChI=1S/C18H27NO3/c1-3-13(2)15-6-4-5-7-16(15)18(22)14-8-9-17(21)19(12-14)10-11-20/h8-9,12-13,15-16,20H,3-7,10-11H2,1-2H3. The normalized spacial score (nSPS) is 23.2. The van der Waals surface area contributed by atoms with E-state index in [0.29, 0.717) is 17.4 Å². The topological polar surface area (TPSA) is 59.3 Å². The SMILES string of the molecule is CCC(C)C1CCCCC1C(=O)c1ccc(=O)n(CCO)c1. The molecule has 3 atom stereocenters. The van der Waals surface area contributed by atoms with E-state index in [-0.39, 0.29) is 30.4 Å². The molecule has 0 spiro atoms. The molecule has 0 amide bonds. The summed E-state index contributed by atoms with van der Waals surface area (Å²) in [5, 5.41) is 9.02. The van der Waals surface area contributed by atoms with Crippen molar-refractivity contribution in [2.24, 2.45) is 17.8 Å². The summed E-state index contributed by atoms with van der Waals surface area (Å²) in [7, 11) is 0. The van der Waals surface area contributed by atoms with Crippen LogP contribution < -0.4 is 5.56 Å². The molecular weight excluding hydrogens is 278 g/mol. The fraction of sp³-hybridized carbons (Fsp3) is 0.667. The van der Waals surface area contributed by atoms with Gasteiger partial charge in [-0.3, -0.25) is 9.59 Å². The second-order valence-electron chi connectivity index (χ2n) is 6.48. The second-order valence-corrected chi connectivity index (χ2v) is 6.48. The molecule has 1 aliphatic carbocycles. The Kier molecular flexibility index (Phi) is 5.95. The fourth-order valence-electron chi connectivity index (χ4n) is 3.64. The number of Topliss-reactive ketones (excluding diaryl/α,β-unsaturated/α-hetero) is 1. The minimum atomic E-state index is -0.173. The molecule has 0 radical (unpaired) electrons. The van der Waals surface area contributed by atoms with E-state index in [9.17, 15) is 9.59 Å². The van der Waals surface area contributed by atoms with E-state index in [1.54, 1.807) is 12.3 Å². The number of carbonyl (C=O) groups is 1. The molecule has 4 heteroatoms. The van der Waals surface area contributed by atoms with Crippen LogP contribution in [0.5, 0.6) is 0 Å². The predicted molar refractivity (Wildman–Crippen MR) is 87.0 cm³/mol. The Morgan fingerprint density at radius 3 is 2.77 bits per heavy atom. The van der Waals surface area contributed by atoms with Crippen LogP contribution in [0.2, 0.25) is 0 Å². The van der Waals surface area contributed by atoms with Gasteiger partial charge in [0.1, 0.15) is 0 Å². The molecule has 0 aromatic carbocycles. The van der Waals surface area contributed by atoms with Crippen molar-refractivity contribution < 1.29 is 9.90 Å². The van der Waals surface area contributed by atoms with E-state index in [2.05, 4.69) is 13.8 Å². The lowest BCUT2D eigenvalue weighted by Gasteiger charge is -2.34. The molecular formula is C18H27NO3. The van der Waals surface area contributed by atoms with Gasteiger partial charge < -0.3 is 9.67 Å². The molecule has 1 heterocycles. The summed E-state index contributed by atoms with van der Waals surface area (Å²) in [5.74, 6) is 1.24. The highest BCUT2D eigenvalue weighted by atomic mass is 16.3. The lowest BCUT2D eigenvalue weighted by molar-refractivity contribution is 0.0761. The van der Waals surface area contributed by atoms with Gasteiger partial charge in [-0.05, 0) is 30.7 Å². The van der Waals surface area contributed by atoms with Crippen molar-refractivity contribution in [3.63, 3.8) is 0 Å². The molecule has 1 aromatic rings. The fourth-order valence-corrected chi connectivity index (χ4v) is 3.64. The van der Waals surface area contributed by atoms with Crippen molar-refractivity contribution in [3.8, 4) is 0 Å². The van der Waals surface area contributed by atoms with Crippen LogP contribution in [-0.4, -0.2) is 22.1 Å². The van der Waals surface area contributed by atoms with Crippen LogP contribution in [-0.2, 0) is 6.54 Å². The summed E-state index contributed by atoms with van der Waals surface area (Å²) in [6, 6.07) is 3.07. The van der Waals surface area contributed by atoms with Crippen molar-refractivity contribution in [1.82, 2.24) is 4.57 Å². The van der Waals surface area contributed by atoms with Crippen molar-refractivity contribution in [2.45, 2.75) is 52.5 Å². The van der Waals surface area contributed by atoms with Crippen molar-refractivity contribution in [2.75, 3.05) is 6.61 Å². The summed E-state index contributed by atoms with van der Waals surface area (Å²) in [6.45, 7) is 4.56. The second kappa shape index (κ2) is 7.73. The number of hydrogen-bond acceptors (Lipinski definition) is 3. The van der Waals surface area contributed by atoms with Crippen LogP contribution in [0.3, 0.4) is 0 Å². The average molecular weight is 305 g/mol. The van der Waals surface area contributed by atoms with Crippen LogP contribution in [0.1, 0.15) is 56.3 Å². The van der Waals surface area contributed by atoms with E-state index in [1.807, 2.05) is 0 Å². The molecule has 122 valence electrons. The maximum absolute atomic E-state index is 12.9. The third-order valence-corrected chi connectivity index (χ3v) is 5.14. The Balaban J connectivity index is 2.25. The summed E-state index contributed by atoms with van der Waals surface area (Å²) >= 11 is 0. The molecule has 22 heavy (non-hydrogen) atoms. The molecule has 2 rings (SSSR count). The van der Waals surface area contributed by atoms with E-state index in [4.69, 9.17) is 5.11 Å².